The Bertz CT molecular complexity index is 633. The van der Waals surface area contributed by atoms with Crippen LogP contribution in [-0.2, 0) is 6.54 Å². The molecule has 2 heterocycles. The van der Waals surface area contributed by atoms with Crippen molar-refractivity contribution in [1.82, 2.24) is 14.8 Å². The normalized spacial score (nSPS) is 18.5. The molecule has 1 aromatic heterocycles. The summed E-state index contributed by atoms with van der Waals surface area (Å²) in [7, 11) is 0. The Morgan fingerprint density at radius 1 is 1.52 bits per heavy atom. The third-order valence-electron chi connectivity index (χ3n) is 3.30. The number of anilines is 1. The Kier molecular flexibility index (Phi) is 4.37. The van der Waals surface area contributed by atoms with Gasteiger partial charge in [0.1, 0.15) is 0 Å². The third kappa shape index (κ3) is 3.17. The lowest BCUT2D eigenvalue weighted by molar-refractivity contribution is 0.211. The maximum atomic E-state index is 9.50. The van der Waals surface area contributed by atoms with Gasteiger partial charge in [0.05, 0.1) is 12.0 Å². The van der Waals surface area contributed by atoms with Gasteiger partial charge in [-0.15, -0.1) is 21.8 Å². The first-order valence-electron chi connectivity index (χ1n) is 6.85. The van der Waals surface area contributed by atoms with Crippen LogP contribution in [0.5, 0.6) is 0 Å². The third-order valence-corrected chi connectivity index (χ3v) is 4.72. The predicted octanol–water partition coefficient (Wildman–Crippen LogP) is 2.45. The molecule has 0 spiro atoms. The Balaban J connectivity index is 1.80. The minimum absolute atomic E-state index is 0.222. The Morgan fingerprint density at radius 3 is 3.19 bits per heavy atom. The van der Waals surface area contributed by atoms with Crippen molar-refractivity contribution in [3.05, 3.63) is 24.3 Å². The van der Waals surface area contributed by atoms with Crippen molar-refractivity contribution in [2.75, 3.05) is 17.7 Å². The quantitative estimate of drug-likeness (QED) is 0.827. The summed E-state index contributed by atoms with van der Waals surface area (Å²) >= 11 is 7.35. The Labute approximate surface area is 132 Å². The van der Waals surface area contributed by atoms with Crippen molar-refractivity contribution in [2.45, 2.75) is 30.0 Å². The lowest BCUT2D eigenvalue weighted by atomic mass is 10.2. The number of rotatable bonds is 5. The maximum Gasteiger partial charge on any atom is 0.191 e. The molecule has 2 unspecified atom stereocenters. The van der Waals surface area contributed by atoms with Crippen molar-refractivity contribution < 1.29 is 5.11 Å². The molecule has 7 heteroatoms. The van der Waals surface area contributed by atoms with Crippen LogP contribution in [0.15, 0.2) is 29.4 Å². The van der Waals surface area contributed by atoms with E-state index in [9.17, 15) is 5.11 Å². The first kappa shape index (κ1) is 14.7. The molecular weight excluding hydrogens is 308 g/mol. The molecule has 2 aromatic rings. The fraction of sp³-hybridized carbons (Fsp3) is 0.429. The maximum absolute atomic E-state index is 9.50. The smallest absolute Gasteiger partial charge is 0.191 e. The number of alkyl halides is 1. The van der Waals surface area contributed by atoms with E-state index in [2.05, 4.69) is 27.0 Å². The largest absolute Gasteiger partial charge is 0.390 e. The van der Waals surface area contributed by atoms with Gasteiger partial charge in [0.25, 0.3) is 0 Å². The van der Waals surface area contributed by atoms with E-state index in [-0.39, 0.29) is 5.88 Å². The van der Waals surface area contributed by atoms with E-state index in [4.69, 9.17) is 11.6 Å². The van der Waals surface area contributed by atoms with Crippen LogP contribution in [0.1, 0.15) is 6.92 Å². The van der Waals surface area contributed by atoms with Crippen LogP contribution < -0.4 is 5.32 Å². The summed E-state index contributed by atoms with van der Waals surface area (Å²) in [5.41, 5.74) is 1.96. The molecule has 0 aliphatic carbocycles. The number of aromatic nitrogens is 3. The van der Waals surface area contributed by atoms with Gasteiger partial charge in [-0.1, -0.05) is 30.8 Å². The van der Waals surface area contributed by atoms with Crippen molar-refractivity contribution in [3.8, 4) is 11.4 Å². The molecule has 0 fully saturated rings. The topological polar surface area (TPSA) is 63.0 Å². The molecule has 3 rings (SSSR count). The number of nitrogens with one attached hydrogen (secondary N) is 1. The monoisotopic (exact) mass is 324 g/mol. The van der Waals surface area contributed by atoms with Gasteiger partial charge in [0.15, 0.2) is 11.0 Å². The number of hydrogen-bond acceptors (Lipinski definition) is 5. The Morgan fingerprint density at radius 2 is 2.38 bits per heavy atom. The number of aliphatic hydroxyl groups is 1. The highest BCUT2D eigenvalue weighted by Crippen LogP contribution is 2.34. The minimum Gasteiger partial charge on any atom is -0.390 e. The molecule has 112 valence electrons. The zero-order valence-electron chi connectivity index (χ0n) is 11.7. The highest BCUT2D eigenvalue weighted by Gasteiger charge is 2.24. The van der Waals surface area contributed by atoms with Crippen LogP contribution in [0.2, 0.25) is 0 Å². The fourth-order valence-electron chi connectivity index (χ4n) is 2.29. The van der Waals surface area contributed by atoms with Crippen LogP contribution in [0.3, 0.4) is 0 Å². The summed E-state index contributed by atoms with van der Waals surface area (Å²) < 4.78 is 2.15. The van der Waals surface area contributed by atoms with E-state index in [1.807, 2.05) is 24.3 Å². The van der Waals surface area contributed by atoms with Crippen LogP contribution in [0.25, 0.3) is 11.4 Å². The van der Waals surface area contributed by atoms with Gasteiger partial charge in [0.2, 0.25) is 0 Å². The molecule has 1 aliphatic rings. The molecule has 0 radical (unpaired) electrons. The Hall–Kier alpha value is -1.24. The summed E-state index contributed by atoms with van der Waals surface area (Å²) in [5, 5.41) is 22.7. The standard InChI is InChI=1S/C14H17ClN4OS/c1-9-8-19-13(17-18-14(19)21-9)10-3-2-4-11(5-10)16-7-12(20)6-15/h2-5,9,12,16,20H,6-8H2,1H3. The highest BCUT2D eigenvalue weighted by molar-refractivity contribution is 7.99. The predicted molar refractivity (Wildman–Crippen MR) is 86.0 cm³/mol. The summed E-state index contributed by atoms with van der Waals surface area (Å²) in [5.74, 6) is 1.11. The molecule has 0 bridgehead atoms. The zero-order chi connectivity index (χ0) is 14.8. The number of benzene rings is 1. The van der Waals surface area contributed by atoms with Crippen molar-refractivity contribution in [1.29, 1.82) is 0 Å². The summed E-state index contributed by atoms with van der Waals surface area (Å²) in [6.07, 6.45) is -0.551. The molecule has 1 aromatic carbocycles. The SMILES string of the molecule is CC1Cn2c(nnc2-c2cccc(NCC(O)CCl)c2)S1. The van der Waals surface area contributed by atoms with Crippen LogP contribution in [-0.4, -0.2) is 43.6 Å². The van der Waals surface area contributed by atoms with Crippen LogP contribution >= 0.6 is 23.4 Å². The van der Waals surface area contributed by atoms with Gasteiger partial charge in [-0.2, -0.15) is 0 Å². The van der Waals surface area contributed by atoms with Crippen LogP contribution in [0, 0.1) is 0 Å². The molecule has 0 saturated carbocycles. The summed E-state index contributed by atoms with van der Waals surface area (Å²) in [6, 6.07) is 7.97. The highest BCUT2D eigenvalue weighted by atomic mass is 35.5. The molecule has 0 saturated heterocycles. The number of fused-ring (bicyclic) bond motifs is 1. The molecule has 1 aliphatic heterocycles. The van der Waals surface area contributed by atoms with Gasteiger partial charge in [-0.25, -0.2) is 0 Å². The van der Waals surface area contributed by atoms with Crippen LogP contribution in [0.4, 0.5) is 5.69 Å². The van der Waals surface area contributed by atoms with E-state index in [1.54, 1.807) is 11.8 Å². The fourth-order valence-corrected chi connectivity index (χ4v) is 3.36. The second kappa shape index (κ2) is 6.25. The lowest BCUT2D eigenvalue weighted by Gasteiger charge is -2.11. The van der Waals surface area contributed by atoms with E-state index >= 15 is 0 Å². The van der Waals surface area contributed by atoms with Crippen molar-refractivity contribution in [3.63, 3.8) is 0 Å². The van der Waals surface area contributed by atoms with E-state index in [0.717, 1.165) is 28.8 Å². The second-order valence-electron chi connectivity index (χ2n) is 5.12. The van der Waals surface area contributed by atoms with Crippen molar-refractivity contribution in [2.24, 2.45) is 0 Å². The number of halogens is 1. The number of hydrogen-bond donors (Lipinski definition) is 2. The molecule has 2 N–H and O–H groups in total. The molecule has 21 heavy (non-hydrogen) atoms. The average molecular weight is 325 g/mol. The summed E-state index contributed by atoms with van der Waals surface area (Å²) in [4.78, 5) is 0. The van der Waals surface area contributed by atoms with Gasteiger partial charge < -0.3 is 15.0 Å². The van der Waals surface area contributed by atoms with Crippen molar-refractivity contribution >= 4 is 29.1 Å². The molecular formula is C14H17ClN4OS. The van der Waals surface area contributed by atoms with E-state index in [0.29, 0.717) is 11.8 Å². The van der Waals surface area contributed by atoms with Gasteiger partial charge >= 0.3 is 0 Å². The van der Waals surface area contributed by atoms with E-state index in [1.165, 1.54) is 0 Å². The number of thioether (sulfide) groups is 1. The zero-order valence-corrected chi connectivity index (χ0v) is 13.2. The molecule has 2 atom stereocenters. The van der Waals surface area contributed by atoms with Gasteiger partial charge in [0, 0.05) is 29.6 Å². The first-order chi connectivity index (χ1) is 10.2. The first-order valence-corrected chi connectivity index (χ1v) is 8.27. The average Bonchev–Trinajstić information content (AvgIpc) is 3.03. The number of nitrogens with zero attached hydrogens (tertiary/aromatic N) is 3. The summed E-state index contributed by atoms with van der Waals surface area (Å²) in [6.45, 7) is 3.55. The van der Waals surface area contributed by atoms with E-state index < -0.39 is 6.10 Å². The minimum atomic E-state index is -0.551. The molecule has 5 nitrogen and oxygen atoms in total. The second-order valence-corrected chi connectivity index (χ2v) is 6.83. The number of aliphatic hydroxyl groups excluding tert-OH is 1. The van der Waals surface area contributed by atoms with Gasteiger partial charge in [-0.3, -0.25) is 0 Å². The molecule has 0 amide bonds. The van der Waals surface area contributed by atoms with Gasteiger partial charge in [-0.05, 0) is 12.1 Å². The lowest BCUT2D eigenvalue weighted by Crippen LogP contribution is -2.20.